The molecule has 0 bridgehead atoms. The summed E-state index contributed by atoms with van der Waals surface area (Å²) < 4.78 is 46.4. The summed E-state index contributed by atoms with van der Waals surface area (Å²) in [5.74, 6) is -0.133. The Kier molecular flexibility index (Phi) is 3.54. The SMILES string of the molecule is CN1S(=O)(=O)CCCCCCS1(=O)=O. The average Bonchev–Trinajstić information content (AvgIpc) is 2.11. The van der Waals surface area contributed by atoms with Gasteiger partial charge in [-0.2, -0.15) is 0 Å². The predicted octanol–water partition coefficient (Wildman–Crippen LogP) is 0.152. The van der Waals surface area contributed by atoms with Crippen molar-refractivity contribution in [2.75, 3.05) is 18.6 Å². The quantitative estimate of drug-likeness (QED) is 0.605. The maximum absolute atomic E-state index is 11.5. The van der Waals surface area contributed by atoms with E-state index in [1.54, 1.807) is 0 Å². The zero-order chi connectivity index (χ0) is 10.8. The van der Waals surface area contributed by atoms with Crippen molar-refractivity contribution < 1.29 is 16.8 Å². The van der Waals surface area contributed by atoms with E-state index in [0.29, 0.717) is 16.6 Å². The highest BCUT2D eigenvalue weighted by molar-refractivity contribution is 8.03. The van der Waals surface area contributed by atoms with Crippen LogP contribution < -0.4 is 0 Å². The van der Waals surface area contributed by atoms with Crippen LogP contribution in [0.5, 0.6) is 0 Å². The summed E-state index contributed by atoms with van der Waals surface area (Å²) in [6.45, 7) is 0. The Bertz CT molecular complexity index is 346. The van der Waals surface area contributed by atoms with Crippen LogP contribution in [0.1, 0.15) is 25.7 Å². The minimum Gasteiger partial charge on any atom is -0.211 e. The normalized spacial score (nSPS) is 28.6. The molecule has 0 aliphatic carbocycles. The van der Waals surface area contributed by atoms with E-state index in [0.717, 1.165) is 19.9 Å². The van der Waals surface area contributed by atoms with Crippen molar-refractivity contribution in [3.8, 4) is 0 Å². The van der Waals surface area contributed by atoms with Gasteiger partial charge in [-0.1, -0.05) is 16.6 Å². The second-order valence-corrected chi connectivity index (χ2v) is 7.90. The molecule has 1 fully saturated rings. The summed E-state index contributed by atoms with van der Waals surface area (Å²) in [7, 11) is -6.09. The summed E-state index contributed by atoms with van der Waals surface area (Å²) in [5.41, 5.74) is 0. The summed E-state index contributed by atoms with van der Waals surface area (Å²) in [6, 6.07) is 0. The highest BCUT2D eigenvalue weighted by Crippen LogP contribution is 2.15. The molecule has 0 spiro atoms. The molecule has 0 unspecified atom stereocenters. The first-order valence-electron chi connectivity index (χ1n) is 4.56. The van der Waals surface area contributed by atoms with E-state index in [9.17, 15) is 16.8 Å². The number of hydrogen-bond donors (Lipinski definition) is 0. The molecule has 7 heteroatoms. The molecule has 84 valence electrons. The molecule has 0 atom stereocenters. The maximum Gasteiger partial charge on any atom is 0.226 e. The molecule has 14 heavy (non-hydrogen) atoms. The Morgan fingerprint density at radius 3 is 1.50 bits per heavy atom. The van der Waals surface area contributed by atoms with Crippen LogP contribution in [0.4, 0.5) is 0 Å². The summed E-state index contributed by atoms with van der Waals surface area (Å²) >= 11 is 0. The fourth-order valence-electron chi connectivity index (χ4n) is 1.35. The number of hydrogen-bond acceptors (Lipinski definition) is 4. The molecule has 0 amide bonds. The fourth-order valence-corrected chi connectivity index (χ4v) is 4.84. The van der Waals surface area contributed by atoms with Gasteiger partial charge in [-0.05, 0) is 12.8 Å². The van der Waals surface area contributed by atoms with Crippen molar-refractivity contribution in [3.63, 3.8) is 0 Å². The van der Waals surface area contributed by atoms with Crippen molar-refractivity contribution in [3.05, 3.63) is 0 Å². The molecule has 1 heterocycles. The zero-order valence-corrected chi connectivity index (χ0v) is 9.77. The molecule has 1 aliphatic heterocycles. The van der Waals surface area contributed by atoms with Gasteiger partial charge in [-0.15, -0.1) is 0 Å². The van der Waals surface area contributed by atoms with Gasteiger partial charge >= 0.3 is 0 Å². The van der Waals surface area contributed by atoms with Gasteiger partial charge in [-0.3, -0.25) is 0 Å². The molecule has 1 aliphatic rings. The van der Waals surface area contributed by atoms with Crippen molar-refractivity contribution in [2.45, 2.75) is 25.7 Å². The predicted molar refractivity (Wildman–Crippen MR) is 53.8 cm³/mol. The van der Waals surface area contributed by atoms with Crippen LogP contribution in [0.2, 0.25) is 0 Å². The van der Waals surface area contributed by atoms with Gasteiger partial charge in [0.05, 0.1) is 11.5 Å². The van der Waals surface area contributed by atoms with E-state index in [1.165, 1.54) is 0 Å². The monoisotopic (exact) mass is 241 g/mol. The van der Waals surface area contributed by atoms with Gasteiger partial charge in [0, 0.05) is 7.05 Å². The Balaban J connectivity index is 3.01. The van der Waals surface area contributed by atoms with E-state index in [1.807, 2.05) is 0 Å². The van der Waals surface area contributed by atoms with Crippen LogP contribution in [0, 0.1) is 0 Å². The van der Waals surface area contributed by atoms with E-state index in [4.69, 9.17) is 0 Å². The first kappa shape index (κ1) is 11.9. The summed E-state index contributed by atoms with van der Waals surface area (Å²) in [4.78, 5) is 0. The molecule has 1 saturated heterocycles. The van der Waals surface area contributed by atoms with E-state index in [2.05, 4.69) is 0 Å². The average molecular weight is 241 g/mol. The standard InChI is InChI=1S/C7H15NO4S2/c1-8-13(9,10)6-4-2-3-5-7-14(8,11)12/h2-7H2,1H3. The van der Waals surface area contributed by atoms with Crippen molar-refractivity contribution >= 4 is 20.0 Å². The Morgan fingerprint density at radius 2 is 1.14 bits per heavy atom. The summed E-state index contributed by atoms with van der Waals surface area (Å²) in [6.07, 6.45) is 2.65. The third-order valence-corrected chi connectivity index (χ3v) is 6.88. The zero-order valence-electron chi connectivity index (χ0n) is 8.14. The molecule has 0 radical (unpaired) electrons. The largest absolute Gasteiger partial charge is 0.226 e. The first-order valence-corrected chi connectivity index (χ1v) is 7.77. The van der Waals surface area contributed by atoms with Crippen LogP contribution in [-0.4, -0.2) is 39.1 Å². The van der Waals surface area contributed by atoms with E-state index in [-0.39, 0.29) is 11.5 Å². The third kappa shape index (κ3) is 2.68. The van der Waals surface area contributed by atoms with Crippen molar-refractivity contribution in [1.29, 1.82) is 0 Å². The van der Waals surface area contributed by atoms with Gasteiger partial charge in [0.25, 0.3) is 0 Å². The van der Waals surface area contributed by atoms with Crippen LogP contribution in [0.3, 0.4) is 0 Å². The second kappa shape index (κ2) is 4.16. The molecule has 0 aromatic carbocycles. The third-order valence-electron chi connectivity index (χ3n) is 2.34. The number of nitrogens with zero attached hydrogens (tertiary/aromatic N) is 1. The topological polar surface area (TPSA) is 71.5 Å². The van der Waals surface area contributed by atoms with Crippen LogP contribution in [0.15, 0.2) is 0 Å². The molecular formula is C7H15NO4S2. The van der Waals surface area contributed by atoms with Crippen LogP contribution in [0.25, 0.3) is 0 Å². The van der Waals surface area contributed by atoms with Gasteiger partial charge in [-0.25, -0.2) is 16.8 Å². The van der Waals surface area contributed by atoms with E-state index < -0.39 is 20.0 Å². The molecule has 0 N–H and O–H groups in total. The smallest absolute Gasteiger partial charge is 0.211 e. The number of rotatable bonds is 0. The highest BCUT2D eigenvalue weighted by atomic mass is 32.3. The maximum atomic E-state index is 11.5. The molecular weight excluding hydrogens is 226 g/mol. The lowest BCUT2D eigenvalue weighted by Gasteiger charge is -2.15. The minimum atomic E-state index is -3.61. The minimum absolute atomic E-state index is 0.0667. The second-order valence-electron chi connectivity index (χ2n) is 3.43. The Labute approximate surface area is 85.2 Å². The molecule has 0 aromatic heterocycles. The molecule has 0 aromatic rings. The van der Waals surface area contributed by atoms with Crippen molar-refractivity contribution in [2.24, 2.45) is 0 Å². The molecule has 0 saturated carbocycles. The lowest BCUT2D eigenvalue weighted by atomic mass is 10.2. The number of sulfonamides is 2. The lowest BCUT2D eigenvalue weighted by Crippen LogP contribution is -2.35. The summed E-state index contributed by atoms with van der Waals surface area (Å²) in [5, 5.41) is 0. The Morgan fingerprint density at radius 1 is 0.786 bits per heavy atom. The van der Waals surface area contributed by atoms with Crippen molar-refractivity contribution in [1.82, 2.24) is 3.71 Å². The Hall–Kier alpha value is -0.140. The first-order chi connectivity index (χ1) is 6.36. The van der Waals surface area contributed by atoms with Gasteiger partial charge in [0.2, 0.25) is 20.0 Å². The van der Waals surface area contributed by atoms with E-state index >= 15 is 0 Å². The van der Waals surface area contributed by atoms with Gasteiger partial charge in [0.15, 0.2) is 0 Å². The lowest BCUT2D eigenvalue weighted by molar-refractivity contribution is 0.526. The van der Waals surface area contributed by atoms with Gasteiger partial charge in [0.1, 0.15) is 0 Å². The van der Waals surface area contributed by atoms with Gasteiger partial charge < -0.3 is 0 Å². The molecule has 5 nitrogen and oxygen atoms in total. The van der Waals surface area contributed by atoms with Crippen LogP contribution in [-0.2, 0) is 20.0 Å². The fraction of sp³-hybridized carbons (Fsp3) is 1.00. The van der Waals surface area contributed by atoms with Crippen LogP contribution >= 0.6 is 0 Å². The molecule has 1 rings (SSSR count). The highest BCUT2D eigenvalue weighted by Gasteiger charge is 2.29.